The average Bonchev–Trinajstić information content (AvgIpc) is 3.24. The Morgan fingerprint density at radius 1 is 1.06 bits per heavy atom. The van der Waals surface area contributed by atoms with Crippen LogP contribution in [0.3, 0.4) is 0 Å². The fourth-order valence-electron chi connectivity index (χ4n) is 4.46. The maximum atomic E-state index is 6.59. The Labute approximate surface area is 204 Å². The van der Waals surface area contributed by atoms with Crippen LogP contribution in [0.5, 0.6) is 11.5 Å². The Hall–Kier alpha value is -2.84. The SMILES string of the molecule is CCOc1cc2c(cc1C(C)(C)C)-c1c(c(Nc3ncccc3OCC)nn1C)C2O[Si](C)C. The van der Waals surface area contributed by atoms with Gasteiger partial charge in [0.05, 0.1) is 24.5 Å². The molecule has 1 aliphatic carbocycles. The quantitative estimate of drug-likeness (QED) is 0.400. The number of benzene rings is 1. The summed E-state index contributed by atoms with van der Waals surface area (Å²) >= 11 is 0. The van der Waals surface area contributed by atoms with Crippen molar-refractivity contribution in [1.29, 1.82) is 0 Å². The molecule has 1 atom stereocenters. The molecule has 0 saturated heterocycles. The predicted molar refractivity (Wildman–Crippen MR) is 138 cm³/mol. The molecule has 34 heavy (non-hydrogen) atoms. The molecule has 2 aromatic heterocycles. The van der Waals surface area contributed by atoms with Gasteiger partial charge in [-0.2, -0.15) is 5.10 Å². The van der Waals surface area contributed by atoms with Crippen LogP contribution in [0.15, 0.2) is 30.5 Å². The van der Waals surface area contributed by atoms with Gasteiger partial charge < -0.3 is 19.2 Å². The van der Waals surface area contributed by atoms with Crippen LogP contribution in [0.2, 0.25) is 13.1 Å². The van der Waals surface area contributed by atoms with E-state index in [-0.39, 0.29) is 11.5 Å². The topological polar surface area (TPSA) is 70.4 Å². The highest BCUT2D eigenvalue weighted by atomic mass is 28.3. The largest absolute Gasteiger partial charge is 0.494 e. The van der Waals surface area contributed by atoms with Crippen molar-refractivity contribution in [2.24, 2.45) is 7.05 Å². The number of aryl methyl sites for hydroxylation is 1. The summed E-state index contributed by atoms with van der Waals surface area (Å²) in [6.45, 7) is 16.1. The van der Waals surface area contributed by atoms with Crippen molar-refractivity contribution >= 4 is 20.7 Å². The highest BCUT2D eigenvalue weighted by molar-refractivity contribution is 6.48. The number of nitrogens with one attached hydrogen (secondary N) is 1. The molecule has 8 heteroatoms. The first-order chi connectivity index (χ1) is 16.2. The van der Waals surface area contributed by atoms with E-state index in [0.717, 1.165) is 34.0 Å². The third kappa shape index (κ3) is 4.44. The van der Waals surface area contributed by atoms with Gasteiger partial charge in [-0.25, -0.2) is 4.98 Å². The van der Waals surface area contributed by atoms with E-state index in [2.05, 4.69) is 56.3 Å². The number of rotatable bonds is 8. The Morgan fingerprint density at radius 3 is 2.41 bits per heavy atom. The summed E-state index contributed by atoms with van der Waals surface area (Å²) in [5.74, 6) is 2.99. The molecule has 0 fully saturated rings. The molecular weight excluding hydrogens is 444 g/mol. The van der Waals surface area contributed by atoms with Crippen molar-refractivity contribution in [3.05, 3.63) is 47.2 Å². The van der Waals surface area contributed by atoms with E-state index in [1.165, 1.54) is 5.56 Å². The summed E-state index contributed by atoms with van der Waals surface area (Å²) in [5, 5.41) is 8.28. The molecule has 0 aliphatic heterocycles. The number of hydrogen-bond donors (Lipinski definition) is 1. The summed E-state index contributed by atoms with van der Waals surface area (Å²) in [6.07, 6.45) is 1.53. The lowest BCUT2D eigenvalue weighted by Crippen LogP contribution is -2.16. The number of aromatic nitrogens is 3. The van der Waals surface area contributed by atoms with Crippen molar-refractivity contribution in [3.63, 3.8) is 0 Å². The summed E-state index contributed by atoms with van der Waals surface area (Å²) < 4.78 is 20.4. The molecule has 1 aromatic carbocycles. The van der Waals surface area contributed by atoms with Gasteiger partial charge in [0.2, 0.25) is 9.04 Å². The fourth-order valence-corrected chi connectivity index (χ4v) is 5.18. The molecule has 4 rings (SSSR count). The average molecular weight is 480 g/mol. The number of ether oxygens (including phenoxy) is 2. The number of hydrogen-bond acceptors (Lipinski definition) is 6. The summed E-state index contributed by atoms with van der Waals surface area (Å²) in [4.78, 5) is 4.51. The third-order valence-corrected chi connectivity index (χ3v) is 6.51. The molecule has 0 spiro atoms. The second-order valence-electron chi connectivity index (χ2n) is 9.67. The van der Waals surface area contributed by atoms with Gasteiger partial charge >= 0.3 is 0 Å². The zero-order valence-corrected chi connectivity index (χ0v) is 22.4. The molecule has 1 aliphatic rings. The summed E-state index contributed by atoms with van der Waals surface area (Å²) in [5.41, 5.74) is 5.48. The first-order valence-corrected chi connectivity index (χ1v) is 14.3. The highest BCUT2D eigenvalue weighted by Gasteiger charge is 2.39. The Bertz CT molecular complexity index is 1180. The van der Waals surface area contributed by atoms with Crippen molar-refractivity contribution in [1.82, 2.24) is 14.8 Å². The van der Waals surface area contributed by atoms with Crippen LogP contribution in [0.1, 0.15) is 57.4 Å². The van der Waals surface area contributed by atoms with Gasteiger partial charge in [0.25, 0.3) is 0 Å². The van der Waals surface area contributed by atoms with E-state index in [4.69, 9.17) is 19.0 Å². The van der Waals surface area contributed by atoms with Crippen LogP contribution < -0.4 is 14.8 Å². The van der Waals surface area contributed by atoms with Crippen LogP contribution >= 0.6 is 0 Å². The molecule has 1 unspecified atom stereocenters. The van der Waals surface area contributed by atoms with E-state index >= 15 is 0 Å². The van der Waals surface area contributed by atoms with Gasteiger partial charge in [0.1, 0.15) is 11.9 Å². The van der Waals surface area contributed by atoms with Gasteiger partial charge in [-0.3, -0.25) is 4.68 Å². The minimum atomic E-state index is -1.01. The van der Waals surface area contributed by atoms with E-state index in [0.29, 0.717) is 24.8 Å². The van der Waals surface area contributed by atoms with Gasteiger partial charge in [-0.05, 0) is 62.2 Å². The monoisotopic (exact) mass is 479 g/mol. The first kappa shape index (κ1) is 24.3. The van der Waals surface area contributed by atoms with Gasteiger partial charge in [-0.1, -0.05) is 20.8 Å². The standard InChI is InChI=1S/C26H35N4O3Si/c1-9-31-19-12-11-13-27-24(19)28-25-21-22(30(6)29-25)16-14-18(26(3,4)5)20(32-10-2)15-17(16)23(21)33-34(7)8/h11-15,23H,9-10H2,1-8H3,(H,27,28,29). The summed E-state index contributed by atoms with van der Waals surface area (Å²) in [7, 11) is 0.976. The lowest BCUT2D eigenvalue weighted by atomic mass is 9.84. The van der Waals surface area contributed by atoms with Crippen LogP contribution in [-0.2, 0) is 16.9 Å². The van der Waals surface area contributed by atoms with E-state index in [1.54, 1.807) is 6.20 Å². The van der Waals surface area contributed by atoms with Crippen molar-refractivity contribution in [3.8, 4) is 22.8 Å². The Kier molecular flexibility index (Phi) is 6.73. The fraction of sp³-hybridized carbons (Fsp3) is 0.462. The van der Waals surface area contributed by atoms with Gasteiger partial charge in [0, 0.05) is 24.4 Å². The zero-order valence-electron chi connectivity index (χ0n) is 21.4. The second kappa shape index (κ2) is 9.42. The smallest absolute Gasteiger partial charge is 0.206 e. The molecule has 0 amide bonds. The van der Waals surface area contributed by atoms with Gasteiger partial charge in [-0.15, -0.1) is 0 Å². The molecule has 3 aromatic rings. The van der Waals surface area contributed by atoms with Crippen molar-refractivity contribution < 1.29 is 13.9 Å². The van der Waals surface area contributed by atoms with Crippen LogP contribution in [0, 0.1) is 0 Å². The highest BCUT2D eigenvalue weighted by Crippen LogP contribution is 2.52. The normalized spacial score (nSPS) is 14.8. The van der Waals surface area contributed by atoms with Gasteiger partial charge in [0.15, 0.2) is 17.4 Å². The van der Waals surface area contributed by atoms with Crippen LogP contribution in [0.25, 0.3) is 11.3 Å². The molecule has 2 heterocycles. The molecule has 7 nitrogen and oxygen atoms in total. The van der Waals surface area contributed by atoms with Crippen molar-refractivity contribution in [2.75, 3.05) is 18.5 Å². The minimum absolute atomic E-state index is 0.0663. The molecule has 181 valence electrons. The molecule has 0 bridgehead atoms. The Balaban J connectivity index is 1.89. The number of fused-ring (bicyclic) bond motifs is 3. The minimum Gasteiger partial charge on any atom is -0.494 e. The summed E-state index contributed by atoms with van der Waals surface area (Å²) in [6, 6.07) is 8.21. The van der Waals surface area contributed by atoms with E-state index < -0.39 is 9.04 Å². The molecule has 1 N–H and O–H groups in total. The third-order valence-electron chi connectivity index (χ3n) is 5.80. The number of pyridine rings is 1. The number of nitrogens with zero attached hydrogens (tertiary/aromatic N) is 3. The van der Waals surface area contributed by atoms with E-state index in [1.807, 2.05) is 37.7 Å². The lowest BCUT2D eigenvalue weighted by Gasteiger charge is -2.25. The lowest BCUT2D eigenvalue weighted by molar-refractivity contribution is 0.257. The van der Waals surface area contributed by atoms with E-state index in [9.17, 15) is 0 Å². The molecule has 0 saturated carbocycles. The molecular formula is C26H35N4O3Si. The first-order valence-electron chi connectivity index (χ1n) is 11.9. The number of anilines is 2. The predicted octanol–water partition coefficient (Wildman–Crippen LogP) is 5.99. The second-order valence-corrected chi connectivity index (χ2v) is 11.7. The van der Waals surface area contributed by atoms with Crippen molar-refractivity contribution in [2.45, 2.75) is 59.2 Å². The maximum Gasteiger partial charge on any atom is 0.206 e. The zero-order chi connectivity index (χ0) is 24.6. The van der Waals surface area contributed by atoms with Crippen LogP contribution in [-0.4, -0.2) is 37.0 Å². The Morgan fingerprint density at radius 2 is 1.76 bits per heavy atom. The molecule has 1 radical (unpaired) electrons. The van der Waals surface area contributed by atoms with Crippen LogP contribution in [0.4, 0.5) is 11.6 Å². The maximum absolute atomic E-state index is 6.59.